The number of rotatable bonds is 16. The fourth-order valence-electron chi connectivity index (χ4n) is 8.48. The Balaban J connectivity index is 1.33. The second kappa shape index (κ2) is 15.1. The number of alkyl carbamates (subject to hydrolysis) is 1. The molecule has 21 heteroatoms. The number of halogens is 1. The van der Waals surface area contributed by atoms with Gasteiger partial charge in [-0.25, -0.2) is 14.0 Å². The highest BCUT2D eigenvalue weighted by molar-refractivity contribution is 6.01. The van der Waals surface area contributed by atoms with Crippen LogP contribution >= 0.6 is 0 Å². The number of alkyl halides is 1. The lowest BCUT2D eigenvalue weighted by Gasteiger charge is -2.62. The van der Waals surface area contributed by atoms with Gasteiger partial charge in [0.15, 0.2) is 29.7 Å². The molecular formula is C31H40FN3O17. The Morgan fingerprint density at radius 1 is 1.08 bits per heavy atom. The molecular weight excluding hydrogens is 705 g/mol. The van der Waals surface area contributed by atoms with E-state index in [-0.39, 0.29) is 31.5 Å². The molecule has 4 aliphatic carbocycles. The predicted molar refractivity (Wildman–Crippen MR) is 165 cm³/mol. The van der Waals surface area contributed by atoms with Crippen LogP contribution in [0.3, 0.4) is 0 Å². The van der Waals surface area contributed by atoms with E-state index in [0.29, 0.717) is 12.0 Å². The van der Waals surface area contributed by atoms with Gasteiger partial charge in [0.2, 0.25) is 5.78 Å². The van der Waals surface area contributed by atoms with E-state index < -0.39 is 125 Å². The zero-order valence-electron chi connectivity index (χ0n) is 28.1. The van der Waals surface area contributed by atoms with Crippen LogP contribution in [0.5, 0.6) is 0 Å². The number of hydrogen-bond acceptors (Lipinski definition) is 16. The summed E-state index contributed by atoms with van der Waals surface area (Å²) in [7, 11) is 0. The number of hydrogen-bond donors (Lipinski definition) is 5. The Hall–Kier alpha value is -4.76. The quantitative estimate of drug-likeness (QED) is 0.0806. The average Bonchev–Trinajstić information content (AvgIpc) is 3.26. The summed E-state index contributed by atoms with van der Waals surface area (Å²) >= 11 is 0. The van der Waals surface area contributed by atoms with Gasteiger partial charge in [-0.1, -0.05) is 18.6 Å². The molecule has 0 aromatic rings. The number of nitrogens with zero attached hydrogens (tertiary/aromatic N) is 2. The summed E-state index contributed by atoms with van der Waals surface area (Å²) < 4.78 is 27.0. The third-order valence-electron chi connectivity index (χ3n) is 11.1. The van der Waals surface area contributed by atoms with E-state index >= 15 is 4.39 Å². The molecule has 0 heterocycles. The molecule has 0 bridgehead atoms. The maximum Gasteiger partial charge on any atom is 0.408 e. The van der Waals surface area contributed by atoms with E-state index in [1.165, 1.54) is 25.2 Å². The molecule has 0 aromatic carbocycles. The third-order valence-corrected chi connectivity index (χ3v) is 11.1. The molecule has 3 fully saturated rings. The molecule has 0 saturated heterocycles. The number of allylic oxidation sites excluding steroid dienone is 4. The minimum absolute atomic E-state index is 0.151. The van der Waals surface area contributed by atoms with E-state index in [0.717, 1.165) is 0 Å². The van der Waals surface area contributed by atoms with Gasteiger partial charge in [-0.3, -0.25) is 14.4 Å². The number of Topliss-reactive ketones (excluding diaryl/α,β-unsaturated/α-hetero) is 1. The molecule has 5 N–H and O–H groups in total. The van der Waals surface area contributed by atoms with Crippen LogP contribution in [-0.4, -0.2) is 116 Å². The molecule has 3 saturated carbocycles. The first-order chi connectivity index (χ1) is 24.2. The Morgan fingerprint density at radius 3 is 2.40 bits per heavy atom. The molecule has 52 heavy (non-hydrogen) atoms. The van der Waals surface area contributed by atoms with E-state index in [2.05, 4.69) is 9.68 Å². The van der Waals surface area contributed by atoms with Crippen molar-refractivity contribution in [3.05, 3.63) is 44.0 Å². The molecule has 0 aromatic heterocycles. The van der Waals surface area contributed by atoms with Crippen molar-refractivity contribution in [2.45, 2.75) is 94.4 Å². The molecule has 4 rings (SSSR count). The van der Waals surface area contributed by atoms with Gasteiger partial charge in [0.25, 0.3) is 10.2 Å². The smallest absolute Gasteiger partial charge is 0.408 e. The number of nitrogens with one attached hydrogen (secondary N) is 1. The fraction of sp³-hybridized carbons (Fsp3) is 0.710. The summed E-state index contributed by atoms with van der Waals surface area (Å²) in [6.07, 6.45) is -3.44. The molecule has 0 spiro atoms. The maximum atomic E-state index is 17.3. The van der Waals surface area contributed by atoms with Crippen molar-refractivity contribution >= 4 is 29.6 Å². The number of aliphatic hydroxyl groups excluding tert-OH is 2. The Morgan fingerprint density at radius 2 is 1.77 bits per heavy atom. The molecule has 2 unspecified atom stereocenters. The largest absolute Gasteiger partial charge is 0.480 e. The van der Waals surface area contributed by atoms with Gasteiger partial charge < -0.3 is 44.9 Å². The van der Waals surface area contributed by atoms with Crippen LogP contribution in [0.1, 0.15) is 58.8 Å². The van der Waals surface area contributed by atoms with Crippen molar-refractivity contribution in [3.8, 4) is 0 Å². The number of esters is 1. The van der Waals surface area contributed by atoms with Gasteiger partial charge in [-0.2, -0.15) is 0 Å². The summed E-state index contributed by atoms with van der Waals surface area (Å²) in [5.41, 5.74) is -7.36. The second-order valence-corrected chi connectivity index (χ2v) is 13.9. The number of fused-ring (bicyclic) bond motifs is 5. The van der Waals surface area contributed by atoms with Crippen molar-refractivity contribution in [1.82, 2.24) is 5.32 Å². The number of carbonyl (C=O) groups is 5. The number of carboxylic acid groups (broad SMARTS) is 1. The first-order valence-corrected chi connectivity index (χ1v) is 16.4. The van der Waals surface area contributed by atoms with Crippen molar-refractivity contribution in [3.63, 3.8) is 0 Å². The van der Waals surface area contributed by atoms with E-state index in [9.17, 15) is 64.6 Å². The highest BCUT2D eigenvalue weighted by Gasteiger charge is 2.76. The Labute approximate surface area is 294 Å². The van der Waals surface area contributed by atoms with Crippen molar-refractivity contribution in [2.75, 3.05) is 19.8 Å². The number of ketones is 2. The lowest BCUT2D eigenvalue weighted by molar-refractivity contribution is -0.790. The summed E-state index contributed by atoms with van der Waals surface area (Å²) in [4.78, 5) is 91.0. The van der Waals surface area contributed by atoms with Crippen LogP contribution in [-0.2, 0) is 38.3 Å². The maximum absolute atomic E-state index is 17.3. The van der Waals surface area contributed by atoms with Crippen LogP contribution in [0.4, 0.5) is 9.18 Å². The van der Waals surface area contributed by atoms with Crippen molar-refractivity contribution in [2.24, 2.45) is 22.7 Å². The number of ether oxygens (including phenoxy) is 2. The predicted octanol–water partition coefficient (Wildman–Crippen LogP) is 0.306. The SMILES string of the molecule is C[C@]12C=CC(=O)C=C1CC[C@H]1[C@@H]3C[C@@H](O)[C@](O)(C(=O)COC(=O)NC(COC(=O)CCCC(CO[N+](=O)[O-])O[N+](=O)[O-])C(=O)O)[C@@]3(C)C[C@H](O)[C@@]12F. The van der Waals surface area contributed by atoms with Crippen LogP contribution in [0.2, 0.25) is 0 Å². The first-order valence-electron chi connectivity index (χ1n) is 16.4. The Bertz CT molecular complexity index is 1560. The summed E-state index contributed by atoms with van der Waals surface area (Å²) in [6, 6.07) is -1.89. The summed E-state index contributed by atoms with van der Waals surface area (Å²) in [6.45, 7) is 0.122. The van der Waals surface area contributed by atoms with Gasteiger partial charge in [0.05, 0.1) is 12.2 Å². The first kappa shape index (κ1) is 40.0. The van der Waals surface area contributed by atoms with E-state index in [4.69, 9.17) is 9.47 Å². The Kier molecular flexibility index (Phi) is 11.6. The normalized spacial score (nSPS) is 34.3. The molecule has 288 valence electrons. The van der Waals surface area contributed by atoms with Crippen molar-refractivity contribution in [1.29, 1.82) is 0 Å². The number of aliphatic carboxylic acids is 1. The molecule has 4 aliphatic rings. The van der Waals surface area contributed by atoms with Gasteiger partial charge in [-0.05, 0) is 63.5 Å². The minimum atomic E-state index is -2.61. The number of carboxylic acids is 1. The zero-order chi connectivity index (χ0) is 38.8. The molecule has 10 atom stereocenters. The van der Waals surface area contributed by atoms with E-state index in [1.807, 2.05) is 5.32 Å². The number of amides is 1. The fourth-order valence-corrected chi connectivity index (χ4v) is 8.48. The van der Waals surface area contributed by atoms with Gasteiger partial charge in [0.1, 0.15) is 19.3 Å². The monoisotopic (exact) mass is 745 g/mol. The van der Waals surface area contributed by atoms with Crippen LogP contribution in [0, 0.1) is 42.9 Å². The highest BCUT2D eigenvalue weighted by Crippen LogP contribution is 2.69. The standard InChI is InChI=1S/C31H40FN3O17/c1-28-9-8-17(36)10-16(28)6-7-19-20-11-22(37)31(44,29(20,2)12-23(38)30(19,28)32)24(39)15-50-27(43)33-21(26(41)42)14-49-25(40)5-3-4-18(52-35(47)48)13-51-34(45)46/h8-10,18-23,37-38,44H,3-7,11-15H2,1-2H3,(H,33,43)(H,41,42)/t18?,19-,20-,21?,22+,23-,28-,29-,30-,31-/m0/s1. The van der Waals surface area contributed by atoms with Crippen molar-refractivity contribution < 1.29 is 78.1 Å². The third kappa shape index (κ3) is 7.29. The van der Waals surface area contributed by atoms with Crippen LogP contribution in [0.15, 0.2) is 23.8 Å². The zero-order valence-corrected chi connectivity index (χ0v) is 28.1. The van der Waals surface area contributed by atoms with E-state index in [1.54, 1.807) is 6.92 Å². The number of carbonyl (C=O) groups excluding carboxylic acids is 4. The van der Waals surface area contributed by atoms with Gasteiger partial charge in [-0.15, -0.1) is 20.2 Å². The second-order valence-electron chi connectivity index (χ2n) is 13.9. The van der Waals surface area contributed by atoms with Crippen LogP contribution < -0.4 is 5.32 Å². The lowest BCUT2D eigenvalue weighted by Crippen LogP contribution is -2.69. The highest BCUT2D eigenvalue weighted by atomic mass is 19.1. The summed E-state index contributed by atoms with van der Waals surface area (Å²) in [5.74, 6) is -5.96. The topological polar surface area (TPSA) is 302 Å². The van der Waals surface area contributed by atoms with Crippen LogP contribution in [0.25, 0.3) is 0 Å². The lowest BCUT2D eigenvalue weighted by atomic mass is 9.44. The average molecular weight is 746 g/mol. The van der Waals surface area contributed by atoms with Gasteiger partial charge in [0, 0.05) is 23.2 Å². The van der Waals surface area contributed by atoms with Gasteiger partial charge >= 0.3 is 18.0 Å². The molecule has 20 nitrogen and oxygen atoms in total. The molecule has 1 amide bonds. The molecule has 0 aliphatic heterocycles. The minimum Gasteiger partial charge on any atom is -0.480 e. The molecule has 0 radical (unpaired) electrons. The summed E-state index contributed by atoms with van der Waals surface area (Å²) in [5, 5.41) is 64.1. The number of aliphatic hydroxyl groups is 3.